The monoisotopic (exact) mass is 296 g/mol. The zero-order valence-electron chi connectivity index (χ0n) is 9.91. The number of hydrogen-bond donors (Lipinski definition) is 2. The zero-order valence-corrected chi connectivity index (χ0v) is 11.5. The van der Waals surface area contributed by atoms with Gasteiger partial charge in [0.15, 0.2) is 5.13 Å². The summed E-state index contributed by atoms with van der Waals surface area (Å²) in [6.07, 6.45) is 2.24. The molecule has 2 aromatic rings. The van der Waals surface area contributed by atoms with Crippen LogP contribution in [0.5, 0.6) is 5.75 Å². The van der Waals surface area contributed by atoms with E-state index in [-0.39, 0.29) is 10.6 Å². The van der Waals surface area contributed by atoms with E-state index >= 15 is 0 Å². The second-order valence-corrected chi connectivity index (χ2v) is 6.93. The van der Waals surface area contributed by atoms with Crippen LogP contribution in [0.3, 0.4) is 0 Å². The van der Waals surface area contributed by atoms with Crippen LogP contribution in [0.1, 0.15) is 24.5 Å². The number of nitrogens with one attached hydrogen (secondary N) is 1. The standard InChI is InChI=1S/C12H12N2O3S2/c15-10-3-1-2-4-11(10)19(16,17)14-12-13-9(7-18-12)8-5-6-8/h1-4,7-8,15H,5-6H2,(H,13,14). The first-order chi connectivity index (χ1) is 9.06. The van der Waals surface area contributed by atoms with Crippen molar-refractivity contribution >= 4 is 26.5 Å². The molecule has 3 rings (SSSR count). The highest BCUT2D eigenvalue weighted by atomic mass is 32.2. The van der Waals surface area contributed by atoms with Crippen LogP contribution in [0.4, 0.5) is 5.13 Å². The van der Waals surface area contributed by atoms with Gasteiger partial charge in [-0.05, 0) is 25.0 Å². The second-order valence-electron chi connectivity index (χ2n) is 4.43. The topological polar surface area (TPSA) is 79.3 Å². The van der Waals surface area contributed by atoms with Gasteiger partial charge < -0.3 is 5.11 Å². The van der Waals surface area contributed by atoms with Crippen molar-refractivity contribution in [3.63, 3.8) is 0 Å². The molecule has 2 N–H and O–H groups in total. The highest BCUT2D eigenvalue weighted by Gasteiger charge is 2.27. The third kappa shape index (κ3) is 2.57. The smallest absolute Gasteiger partial charge is 0.267 e. The van der Waals surface area contributed by atoms with Crippen molar-refractivity contribution in [2.75, 3.05) is 4.72 Å². The Morgan fingerprint density at radius 2 is 2.05 bits per heavy atom. The summed E-state index contributed by atoms with van der Waals surface area (Å²) in [5, 5.41) is 11.8. The molecular formula is C12H12N2O3S2. The van der Waals surface area contributed by atoms with E-state index in [2.05, 4.69) is 9.71 Å². The minimum absolute atomic E-state index is 0.141. The summed E-state index contributed by atoms with van der Waals surface area (Å²) in [6.45, 7) is 0. The molecule has 1 aromatic carbocycles. The highest BCUT2D eigenvalue weighted by Crippen LogP contribution is 2.41. The average molecular weight is 296 g/mol. The lowest BCUT2D eigenvalue weighted by atomic mass is 10.3. The number of aromatic hydroxyl groups is 1. The molecule has 0 bridgehead atoms. The number of anilines is 1. The van der Waals surface area contributed by atoms with Crippen molar-refractivity contribution in [2.45, 2.75) is 23.7 Å². The molecule has 100 valence electrons. The van der Waals surface area contributed by atoms with E-state index in [9.17, 15) is 13.5 Å². The van der Waals surface area contributed by atoms with Crippen molar-refractivity contribution in [3.05, 3.63) is 35.3 Å². The summed E-state index contributed by atoms with van der Waals surface area (Å²) >= 11 is 1.26. The number of rotatable bonds is 4. The maximum absolute atomic E-state index is 12.1. The van der Waals surface area contributed by atoms with Crippen molar-refractivity contribution in [1.29, 1.82) is 0 Å². The minimum Gasteiger partial charge on any atom is -0.507 e. The largest absolute Gasteiger partial charge is 0.507 e. The predicted octanol–water partition coefficient (Wildman–Crippen LogP) is 2.53. The number of aromatic nitrogens is 1. The maximum Gasteiger partial charge on any atom is 0.267 e. The van der Waals surface area contributed by atoms with Crippen molar-refractivity contribution < 1.29 is 13.5 Å². The van der Waals surface area contributed by atoms with Gasteiger partial charge in [-0.2, -0.15) is 0 Å². The van der Waals surface area contributed by atoms with Crippen LogP contribution in [-0.4, -0.2) is 18.5 Å². The second kappa shape index (κ2) is 4.50. The summed E-state index contributed by atoms with van der Waals surface area (Å²) in [5.41, 5.74) is 0.944. The van der Waals surface area contributed by atoms with Crippen LogP contribution >= 0.6 is 11.3 Å². The van der Waals surface area contributed by atoms with Gasteiger partial charge >= 0.3 is 0 Å². The van der Waals surface area contributed by atoms with Gasteiger partial charge in [0.2, 0.25) is 0 Å². The molecule has 0 radical (unpaired) electrons. The Labute approximate surface area is 115 Å². The van der Waals surface area contributed by atoms with Crippen molar-refractivity contribution in [3.8, 4) is 5.75 Å². The van der Waals surface area contributed by atoms with Gasteiger partial charge in [0.05, 0.1) is 5.69 Å². The molecule has 0 spiro atoms. The molecule has 19 heavy (non-hydrogen) atoms. The van der Waals surface area contributed by atoms with Crippen LogP contribution in [0, 0.1) is 0 Å². The molecule has 1 aliphatic rings. The summed E-state index contributed by atoms with van der Waals surface area (Å²) in [7, 11) is -3.79. The minimum atomic E-state index is -3.79. The van der Waals surface area contributed by atoms with E-state index in [1.807, 2.05) is 5.38 Å². The van der Waals surface area contributed by atoms with Gasteiger partial charge in [0.1, 0.15) is 10.6 Å². The molecule has 5 nitrogen and oxygen atoms in total. The number of para-hydroxylation sites is 1. The first-order valence-electron chi connectivity index (χ1n) is 5.82. The number of nitrogens with zero attached hydrogens (tertiary/aromatic N) is 1. The van der Waals surface area contributed by atoms with Gasteiger partial charge in [-0.25, -0.2) is 13.4 Å². The molecular weight excluding hydrogens is 284 g/mol. The molecule has 1 aromatic heterocycles. The van der Waals surface area contributed by atoms with E-state index in [1.165, 1.54) is 23.5 Å². The Balaban J connectivity index is 1.86. The zero-order chi connectivity index (χ0) is 13.5. The highest BCUT2D eigenvalue weighted by molar-refractivity contribution is 7.93. The van der Waals surface area contributed by atoms with Crippen LogP contribution < -0.4 is 4.72 Å². The molecule has 0 aliphatic heterocycles. The third-order valence-corrected chi connectivity index (χ3v) is 5.19. The van der Waals surface area contributed by atoms with E-state index in [0.29, 0.717) is 11.0 Å². The quantitative estimate of drug-likeness (QED) is 0.908. The lowest BCUT2D eigenvalue weighted by molar-refractivity contribution is 0.459. The number of thiazole rings is 1. The Bertz CT molecular complexity index is 705. The Kier molecular flexibility index (Phi) is 2.94. The fraction of sp³-hybridized carbons (Fsp3) is 0.250. The van der Waals surface area contributed by atoms with E-state index in [0.717, 1.165) is 18.5 Å². The Morgan fingerprint density at radius 3 is 2.74 bits per heavy atom. The van der Waals surface area contributed by atoms with Crippen molar-refractivity contribution in [1.82, 2.24) is 4.98 Å². The summed E-state index contributed by atoms with van der Waals surface area (Å²) < 4.78 is 26.6. The molecule has 0 atom stereocenters. The fourth-order valence-electron chi connectivity index (χ4n) is 1.75. The maximum atomic E-state index is 12.1. The predicted molar refractivity (Wildman–Crippen MR) is 73.0 cm³/mol. The molecule has 1 aliphatic carbocycles. The van der Waals surface area contributed by atoms with Gasteiger partial charge in [-0.3, -0.25) is 4.72 Å². The van der Waals surface area contributed by atoms with E-state index in [4.69, 9.17) is 0 Å². The van der Waals surface area contributed by atoms with E-state index in [1.54, 1.807) is 12.1 Å². The molecule has 0 unspecified atom stereocenters. The third-order valence-electron chi connectivity index (χ3n) is 2.89. The molecule has 0 saturated heterocycles. The van der Waals surface area contributed by atoms with Crippen molar-refractivity contribution in [2.24, 2.45) is 0 Å². The van der Waals surface area contributed by atoms with Gasteiger partial charge in [-0.15, -0.1) is 11.3 Å². The lowest BCUT2D eigenvalue weighted by Crippen LogP contribution is -2.12. The lowest BCUT2D eigenvalue weighted by Gasteiger charge is -2.06. The molecule has 1 saturated carbocycles. The first-order valence-corrected chi connectivity index (χ1v) is 8.19. The molecule has 7 heteroatoms. The average Bonchev–Trinajstić information content (AvgIpc) is 3.11. The molecule has 1 heterocycles. The van der Waals surface area contributed by atoms with Crippen LogP contribution in [0.2, 0.25) is 0 Å². The Morgan fingerprint density at radius 1 is 1.32 bits per heavy atom. The molecule has 1 fully saturated rings. The first kappa shape index (κ1) is 12.4. The summed E-state index contributed by atoms with van der Waals surface area (Å²) in [5.74, 6) is 0.216. The number of phenols is 1. The molecule has 0 amide bonds. The van der Waals surface area contributed by atoms with Crippen LogP contribution in [-0.2, 0) is 10.0 Å². The van der Waals surface area contributed by atoms with Crippen LogP contribution in [0.25, 0.3) is 0 Å². The van der Waals surface area contributed by atoms with Gasteiger partial charge in [0, 0.05) is 11.3 Å². The van der Waals surface area contributed by atoms with Crippen LogP contribution in [0.15, 0.2) is 34.5 Å². The fourth-order valence-corrected chi connectivity index (χ4v) is 3.90. The summed E-state index contributed by atoms with van der Waals surface area (Å²) in [4.78, 5) is 4.12. The number of phenolic OH excluding ortho intramolecular Hbond substituents is 1. The number of hydrogen-bond acceptors (Lipinski definition) is 5. The van der Waals surface area contributed by atoms with Gasteiger partial charge in [-0.1, -0.05) is 12.1 Å². The van der Waals surface area contributed by atoms with Gasteiger partial charge in [0.25, 0.3) is 10.0 Å². The normalized spacial score (nSPS) is 15.4. The summed E-state index contributed by atoms with van der Waals surface area (Å²) in [6, 6.07) is 5.83. The SMILES string of the molecule is O=S(=O)(Nc1nc(C2CC2)cs1)c1ccccc1O. The number of benzene rings is 1. The Hall–Kier alpha value is -1.60. The number of sulfonamides is 1. The van der Waals surface area contributed by atoms with E-state index < -0.39 is 10.0 Å².